The monoisotopic (exact) mass is 456 g/mol. The van der Waals surface area contributed by atoms with Crippen LogP contribution in [0.4, 0.5) is 17.6 Å². The van der Waals surface area contributed by atoms with Crippen molar-refractivity contribution in [2.45, 2.75) is 26.0 Å². The lowest BCUT2D eigenvalue weighted by atomic mass is 10.1. The first-order chi connectivity index (χ1) is 15.2. The fourth-order valence-electron chi connectivity index (χ4n) is 2.75. The molecule has 0 amide bonds. The Balaban J connectivity index is 1.68. The van der Waals surface area contributed by atoms with E-state index in [-0.39, 0.29) is 18.5 Å². The topological polar surface area (TPSA) is 166 Å². The lowest BCUT2D eigenvalue weighted by Crippen LogP contribution is -2.34. The first kappa shape index (κ1) is 22.9. The molecule has 1 atom stereocenters. The normalized spacial score (nSPS) is 11.6. The first-order valence-corrected chi connectivity index (χ1v) is 9.87. The fourth-order valence-corrected chi connectivity index (χ4v) is 2.92. The summed E-state index contributed by atoms with van der Waals surface area (Å²) < 4.78 is 5.04. The summed E-state index contributed by atoms with van der Waals surface area (Å²) in [6.07, 6.45) is -0.493. The average molecular weight is 457 g/mol. The van der Waals surface area contributed by atoms with Gasteiger partial charge in [-0.15, -0.1) is 0 Å². The molecule has 32 heavy (non-hydrogen) atoms. The maximum atomic E-state index is 11.7. The van der Waals surface area contributed by atoms with Crippen molar-refractivity contribution in [3.05, 3.63) is 58.6 Å². The van der Waals surface area contributed by atoms with Gasteiger partial charge >= 0.3 is 11.9 Å². The van der Waals surface area contributed by atoms with E-state index in [2.05, 4.69) is 20.3 Å². The van der Waals surface area contributed by atoms with Crippen molar-refractivity contribution >= 4 is 41.1 Å². The van der Waals surface area contributed by atoms with E-state index in [1.807, 2.05) is 13.0 Å². The molecule has 3 rings (SSSR count). The number of carbonyl (C=O) groups is 2. The molecule has 11 heteroatoms. The second-order valence-corrected chi connectivity index (χ2v) is 7.37. The number of esters is 1. The molecule has 0 fully saturated rings. The predicted molar refractivity (Wildman–Crippen MR) is 119 cm³/mol. The lowest BCUT2D eigenvalue weighted by Gasteiger charge is -2.11. The molecular formula is C21H21ClN6O4. The van der Waals surface area contributed by atoms with Gasteiger partial charge in [0.05, 0.1) is 6.42 Å². The van der Waals surface area contributed by atoms with Gasteiger partial charge in [-0.05, 0) is 42.3 Å². The maximum absolute atomic E-state index is 11.7. The molecule has 6 N–H and O–H groups in total. The number of anilines is 3. The number of halogens is 1. The molecule has 1 heterocycles. The van der Waals surface area contributed by atoms with Crippen LogP contribution in [0, 0.1) is 6.92 Å². The van der Waals surface area contributed by atoms with E-state index in [1.54, 1.807) is 36.4 Å². The predicted octanol–water partition coefficient (Wildman–Crippen LogP) is 2.67. The zero-order chi connectivity index (χ0) is 23.3. The number of ether oxygens (including phenoxy) is 1. The number of nitrogens with zero attached hydrogens (tertiary/aromatic N) is 3. The van der Waals surface area contributed by atoms with Gasteiger partial charge in [0.25, 0.3) is 0 Å². The van der Waals surface area contributed by atoms with Crippen LogP contribution in [0.1, 0.15) is 17.5 Å². The van der Waals surface area contributed by atoms with Crippen LogP contribution in [-0.4, -0.2) is 38.0 Å². The Hall–Kier alpha value is -3.76. The van der Waals surface area contributed by atoms with E-state index >= 15 is 0 Å². The van der Waals surface area contributed by atoms with E-state index in [1.165, 1.54) is 0 Å². The minimum absolute atomic E-state index is 0.0384. The Labute approximate surface area is 188 Å². The largest absolute Gasteiger partial charge is 0.481 e. The van der Waals surface area contributed by atoms with E-state index in [0.29, 0.717) is 22.1 Å². The molecule has 0 spiro atoms. The molecule has 0 saturated carbocycles. The van der Waals surface area contributed by atoms with Crippen LogP contribution < -0.4 is 16.8 Å². The van der Waals surface area contributed by atoms with Gasteiger partial charge in [0.15, 0.2) is 5.82 Å². The SMILES string of the molecule is Cc1ccc(Cl)cc1-c1nc(N)nc(Nc2ccc(COC(=O)[C@@H](N)CC(=O)O)cc2)n1. The Bertz CT molecular complexity index is 1140. The van der Waals surface area contributed by atoms with Crippen molar-refractivity contribution in [1.82, 2.24) is 15.0 Å². The number of aryl methyl sites for hydroxylation is 1. The number of benzene rings is 2. The van der Waals surface area contributed by atoms with Gasteiger partial charge in [-0.1, -0.05) is 29.8 Å². The molecule has 10 nitrogen and oxygen atoms in total. The van der Waals surface area contributed by atoms with Crippen LogP contribution in [0.2, 0.25) is 5.02 Å². The molecule has 0 aliphatic rings. The highest BCUT2D eigenvalue weighted by atomic mass is 35.5. The summed E-state index contributed by atoms with van der Waals surface area (Å²) in [6, 6.07) is 11.1. The number of carboxylic acid groups (broad SMARTS) is 1. The summed E-state index contributed by atoms with van der Waals surface area (Å²) in [7, 11) is 0. The maximum Gasteiger partial charge on any atom is 0.323 e. The molecule has 0 unspecified atom stereocenters. The number of hydrogen-bond donors (Lipinski definition) is 4. The summed E-state index contributed by atoms with van der Waals surface area (Å²) >= 11 is 6.09. The van der Waals surface area contributed by atoms with Gasteiger partial charge in [0, 0.05) is 16.3 Å². The van der Waals surface area contributed by atoms with Crippen molar-refractivity contribution in [2.24, 2.45) is 5.73 Å². The minimum atomic E-state index is -1.21. The highest BCUT2D eigenvalue weighted by Gasteiger charge is 2.18. The second-order valence-electron chi connectivity index (χ2n) is 6.93. The quantitative estimate of drug-likeness (QED) is 0.370. The molecule has 0 aliphatic carbocycles. The minimum Gasteiger partial charge on any atom is -0.481 e. The van der Waals surface area contributed by atoms with Crippen molar-refractivity contribution in [3.63, 3.8) is 0 Å². The van der Waals surface area contributed by atoms with Crippen LogP contribution in [-0.2, 0) is 20.9 Å². The van der Waals surface area contributed by atoms with E-state index in [0.717, 1.165) is 11.1 Å². The third-order valence-electron chi connectivity index (χ3n) is 4.38. The van der Waals surface area contributed by atoms with Crippen LogP contribution in [0.25, 0.3) is 11.4 Å². The molecule has 1 aromatic heterocycles. The Morgan fingerprint density at radius 2 is 1.88 bits per heavy atom. The van der Waals surface area contributed by atoms with Gasteiger partial charge < -0.3 is 26.6 Å². The van der Waals surface area contributed by atoms with Crippen molar-refractivity contribution in [1.29, 1.82) is 0 Å². The third-order valence-corrected chi connectivity index (χ3v) is 4.62. The van der Waals surface area contributed by atoms with Gasteiger partial charge in [-0.25, -0.2) is 0 Å². The molecular weight excluding hydrogens is 436 g/mol. The summed E-state index contributed by atoms with van der Waals surface area (Å²) in [4.78, 5) is 35.1. The third kappa shape index (κ3) is 6.13. The molecule has 166 valence electrons. The lowest BCUT2D eigenvalue weighted by molar-refractivity contribution is -0.150. The standard InChI is InChI=1S/C21H21ClN6O4/c1-11-2-5-13(22)8-15(11)18-26-20(24)28-21(27-18)25-14-6-3-12(4-7-14)10-32-19(31)16(23)9-17(29)30/h2-8,16H,9-10,23H2,1H3,(H,29,30)(H3,24,25,26,27,28)/t16-/m0/s1. The number of rotatable bonds is 8. The second kappa shape index (κ2) is 10.0. The summed E-state index contributed by atoms with van der Waals surface area (Å²) in [5, 5.41) is 12.3. The van der Waals surface area contributed by atoms with E-state index in [9.17, 15) is 9.59 Å². The highest BCUT2D eigenvalue weighted by Crippen LogP contribution is 2.25. The average Bonchev–Trinajstić information content (AvgIpc) is 2.73. The smallest absolute Gasteiger partial charge is 0.323 e. The number of hydrogen-bond acceptors (Lipinski definition) is 9. The fraction of sp³-hybridized carbons (Fsp3) is 0.190. The summed E-state index contributed by atoms with van der Waals surface area (Å²) in [5.41, 5.74) is 14.4. The van der Waals surface area contributed by atoms with Crippen molar-refractivity contribution < 1.29 is 19.4 Å². The van der Waals surface area contributed by atoms with Crippen molar-refractivity contribution in [2.75, 3.05) is 11.1 Å². The Morgan fingerprint density at radius 3 is 2.56 bits per heavy atom. The molecule has 0 radical (unpaired) electrons. The molecule has 0 bridgehead atoms. The molecule has 0 aliphatic heterocycles. The van der Waals surface area contributed by atoms with Gasteiger partial charge in [0.2, 0.25) is 11.9 Å². The first-order valence-electron chi connectivity index (χ1n) is 9.49. The van der Waals surface area contributed by atoms with Crippen LogP contribution in [0.15, 0.2) is 42.5 Å². The van der Waals surface area contributed by atoms with E-state index < -0.39 is 24.4 Å². The van der Waals surface area contributed by atoms with Crippen LogP contribution in [0.5, 0.6) is 0 Å². The molecule has 0 saturated heterocycles. The zero-order valence-electron chi connectivity index (χ0n) is 17.1. The summed E-state index contributed by atoms with van der Waals surface area (Å²) in [6.45, 7) is 1.88. The number of nitrogens with one attached hydrogen (secondary N) is 1. The number of carbonyl (C=O) groups excluding carboxylic acids is 1. The summed E-state index contributed by atoms with van der Waals surface area (Å²) in [5.74, 6) is -1.25. The van der Waals surface area contributed by atoms with Gasteiger partial charge in [-0.3, -0.25) is 9.59 Å². The zero-order valence-corrected chi connectivity index (χ0v) is 17.8. The Kier molecular flexibility index (Phi) is 7.18. The van der Waals surface area contributed by atoms with Crippen LogP contribution in [0.3, 0.4) is 0 Å². The van der Waals surface area contributed by atoms with Gasteiger partial charge in [0.1, 0.15) is 12.6 Å². The number of carboxylic acids is 1. The van der Waals surface area contributed by atoms with Crippen LogP contribution >= 0.6 is 11.6 Å². The number of aliphatic carboxylic acids is 1. The highest BCUT2D eigenvalue weighted by molar-refractivity contribution is 6.30. The van der Waals surface area contributed by atoms with E-state index in [4.69, 9.17) is 32.9 Å². The van der Waals surface area contributed by atoms with Crippen molar-refractivity contribution in [3.8, 4) is 11.4 Å². The number of aromatic nitrogens is 3. The molecule has 2 aromatic carbocycles. The Morgan fingerprint density at radius 1 is 1.16 bits per heavy atom. The number of nitrogens with two attached hydrogens (primary N) is 2. The molecule has 3 aromatic rings. The number of nitrogen functional groups attached to an aromatic ring is 1. The van der Waals surface area contributed by atoms with Gasteiger partial charge in [-0.2, -0.15) is 15.0 Å².